The van der Waals surface area contributed by atoms with Crippen LogP contribution in [-0.2, 0) is 84.2 Å². The van der Waals surface area contributed by atoms with Crippen molar-refractivity contribution in [2.24, 2.45) is 29.4 Å². The third-order valence-electron chi connectivity index (χ3n) is 12.5. The number of methoxy groups -OCH3 is 1. The van der Waals surface area contributed by atoms with E-state index in [0.29, 0.717) is 118 Å². The van der Waals surface area contributed by atoms with E-state index in [-0.39, 0.29) is 50.7 Å². The topological polar surface area (TPSA) is 305 Å². The van der Waals surface area contributed by atoms with E-state index in [0.717, 1.165) is 5.56 Å². The molecule has 1 aliphatic heterocycles. The zero-order valence-corrected chi connectivity index (χ0v) is 46.0. The highest BCUT2D eigenvalue weighted by atomic mass is 31.2. The van der Waals surface area contributed by atoms with Crippen molar-refractivity contribution in [3.8, 4) is 0 Å². The summed E-state index contributed by atoms with van der Waals surface area (Å²) in [6, 6.07) is 6.59. The van der Waals surface area contributed by atoms with Crippen LogP contribution < -0.4 is 16.4 Å². The van der Waals surface area contributed by atoms with Gasteiger partial charge in [0, 0.05) is 57.3 Å². The lowest BCUT2D eigenvalue weighted by Gasteiger charge is -2.28. The fourth-order valence-corrected chi connectivity index (χ4v) is 9.45. The zero-order valence-electron chi connectivity index (χ0n) is 45.1. The van der Waals surface area contributed by atoms with Gasteiger partial charge in [0.05, 0.1) is 136 Å². The Hall–Kier alpha value is -4.52. The lowest BCUT2D eigenvalue weighted by molar-refractivity contribution is -0.140. The Morgan fingerprint density at radius 3 is 1.80 bits per heavy atom. The maximum absolute atomic E-state index is 14.4. The summed E-state index contributed by atoms with van der Waals surface area (Å²) in [6.07, 6.45) is 3.06. The monoisotopic (exact) mass is 1100 g/mol. The van der Waals surface area contributed by atoms with Gasteiger partial charge in [0.15, 0.2) is 11.6 Å². The number of carbonyl (C=O) groups is 6. The van der Waals surface area contributed by atoms with E-state index in [1.165, 1.54) is 18.7 Å². The minimum atomic E-state index is -4.54. The molecule has 0 spiro atoms. The van der Waals surface area contributed by atoms with Crippen LogP contribution >= 0.6 is 7.60 Å². The molecule has 24 heteroatoms. The molecule has 6 atom stereocenters. The van der Waals surface area contributed by atoms with Crippen LogP contribution in [0.2, 0.25) is 0 Å². The van der Waals surface area contributed by atoms with Gasteiger partial charge in [0.1, 0.15) is 6.04 Å². The summed E-state index contributed by atoms with van der Waals surface area (Å²) in [5.41, 5.74) is 7.15. The molecule has 0 saturated carbocycles. The number of likely N-dealkylation sites (tertiary alicyclic amines) is 1. The number of ether oxygens (including phenoxy) is 8. The van der Waals surface area contributed by atoms with E-state index < -0.39 is 85.3 Å². The molecule has 4 amide bonds. The third kappa shape index (κ3) is 27.2. The number of imidazole rings is 1. The summed E-state index contributed by atoms with van der Waals surface area (Å²) in [5.74, 6) is -6.55. The van der Waals surface area contributed by atoms with Gasteiger partial charge in [-0.05, 0) is 43.6 Å². The molecule has 1 aliphatic rings. The van der Waals surface area contributed by atoms with Crippen molar-refractivity contribution in [3.05, 3.63) is 54.1 Å². The van der Waals surface area contributed by atoms with Crippen LogP contribution in [0.15, 0.2) is 42.9 Å². The number of hydrogen-bond acceptors (Lipinski definition) is 16. The molecule has 0 aliphatic carbocycles. The predicted octanol–water partition coefficient (Wildman–Crippen LogP) is 2.10. The predicted molar refractivity (Wildman–Crippen MR) is 279 cm³/mol. The number of amides is 4. The largest absolute Gasteiger partial charge is 0.382 e. The van der Waals surface area contributed by atoms with Gasteiger partial charge in [-0.15, -0.1) is 0 Å². The van der Waals surface area contributed by atoms with E-state index in [1.54, 1.807) is 19.6 Å². The number of nitrogens with zero attached hydrogens (tertiary/aromatic N) is 3. The fourth-order valence-electron chi connectivity index (χ4n) is 8.44. The summed E-state index contributed by atoms with van der Waals surface area (Å²) in [6.45, 7) is 13.6. The first-order valence-corrected chi connectivity index (χ1v) is 28.0. The number of carbonyl (C=O) groups excluding carboxylic acids is 6. The Morgan fingerprint density at radius 2 is 1.29 bits per heavy atom. The highest BCUT2D eigenvalue weighted by Crippen LogP contribution is 2.39. The number of benzene rings is 1. The summed E-state index contributed by atoms with van der Waals surface area (Å²) >= 11 is 0. The standard InChI is InChI=1S/C52H85N6O17P/c1-38(2)30-45(56-52(64)46-12-9-14-58(46)49(61)13-15-69-18-19-71-22-23-73-26-27-75-29-28-74-25-24-72-21-20-70-17-16-68-5)48(60)32-42(31-43-34-54-37-57(43)35-41-10-7-6-8-11-41)51(63)55-40(4)47(59)33-44(50(53)62)39(3)36-76(65,66)67/h6-8,10-11,34,37-40,42,44-46H,9,12-33,35-36H2,1-5H3,(H2,53,62)(H,55,63)(H,56,64)(H2,65,66,67)/t39-,40-,42+,44-,45-,46-/m0/s1. The van der Waals surface area contributed by atoms with Gasteiger partial charge in [-0.25, -0.2) is 4.98 Å². The van der Waals surface area contributed by atoms with Gasteiger partial charge in [-0.3, -0.25) is 33.3 Å². The van der Waals surface area contributed by atoms with Gasteiger partial charge in [0.2, 0.25) is 23.6 Å². The lowest BCUT2D eigenvalue weighted by atomic mass is 9.87. The van der Waals surface area contributed by atoms with Gasteiger partial charge in [-0.2, -0.15) is 0 Å². The van der Waals surface area contributed by atoms with Crippen molar-refractivity contribution in [1.29, 1.82) is 0 Å². The van der Waals surface area contributed by atoms with Crippen LogP contribution in [-0.4, -0.2) is 196 Å². The highest BCUT2D eigenvalue weighted by molar-refractivity contribution is 7.51. The number of rotatable bonds is 44. The molecule has 6 N–H and O–H groups in total. The van der Waals surface area contributed by atoms with Crippen molar-refractivity contribution < 1.29 is 81.0 Å². The summed E-state index contributed by atoms with van der Waals surface area (Å²) in [4.78, 5) is 107. The molecular weight excluding hydrogens is 1010 g/mol. The van der Waals surface area contributed by atoms with Crippen molar-refractivity contribution in [3.63, 3.8) is 0 Å². The molecule has 3 rings (SSSR count). The van der Waals surface area contributed by atoms with Gasteiger partial charge >= 0.3 is 7.60 Å². The average molecular weight is 1100 g/mol. The second kappa shape index (κ2) is 37.3. The minimum absolute atomic E-state index is 0.0319. The van der Waals surface area contributed by atoms with Crippen LogP contribution in [0.5, 0.6) is 0 Å². The smallest absolute Gasteiger partial charge is 0.325 e. The molecule has 0 radical (unpaired) electrons. The molecule has 430 valence electrons. The summed E-state index contributed by atoms with van der Waals surface area (Å²) < 4.78 is 56.9. The first-order chi connectivity index (χ1) is 36.4. The zero-order chi connectivity index (χ0) is 55.7. The maximum atomic E-state index is 14.4. The molecule has 2 heterocycles. The lowest BCUT2D eigenvalue weighted by Crippen LogP contribution is -2.52. The van der Waals surface area contributed by atoms with Gasteiger partial charge in [-0.1, -0.05) is 51.1 Å². The number of aromatic nitrogens is 2. The quantitative estimate of drug-likeness (QED) is 0.0469. The third-order valence-corrected chi connectivity index (χ3v) is 13.6. The van der Waals surface area contributed by atoms with E-state index >= 15 is 0 Å². The molecule has 1 saturated heterocycles. The Labute approximate surface area is 447 Å². The van der Waals surface area contributed by atoms with Crippen LogP contribution in [0.1, 0.15) is 77.5 Å². The molecule has 0 bridgehead atoms. The normalized spacial score (nSPS) is 15.8. The molecule has 23 nitrogen and oxygen atoms in total. The van der Waals surface area contributed by atoms with E-state index in [1.807, 2.05) is 48.7 Å². The number of primary amides is 1. The number of Topliss-reactive ketones (excluding diaryl/α,β-unsaturated/α-hetero) is 2. The summed E-state index contributed by atoms with van der Waals surface area (Å²) in [5, 5.41) is 5.60. The molecule has 1 aromatic carbocycles. The Morgan fingerprint density at radius 1 is 0.750 bits per heavy atom. The van der Waals surface area contributed by atoms with Gasteiger partial charge in [0.25, 0.3) is 0 Å². The van der Waals surface area contributed by atoms with Crippen LogP contribution in [0.25, 0.3) is 0 Å². The SMILES string of the molecule is COCCOCCOCCOCCOCCOCCOCCOCCC(=O)N1CCC[C@H]1C(=O)N[C@@H](CC(C)C)C(=O)C[C@@H](Cc1cncn1Cc1ccccc1)C(=O)N[C@@H](C)C(=O)C[C@H](C(N)=O)[C@@H](C)CP(=O)(O)O. The molecule has 2 aromatic rings. The number of ketones is 2. The van der Waals surface area contributed by atoms with Crippen molar-refractivity contribution in [2.75, 3.05) is 119 Å². The minimum Gasteiger partial charge on any atom is -0.382 e. The Kier molecular flexibility index (Phi) is 32.3. The first-order valence-electron chi connectivity index (χ1n) is 26.3. The maximum Gasteiger partial charge on any atom is 0.325 e. The van der Waals surface area contributed by atoms with Gasteiger partial charge < -0.3 is 73.5 Å². The molecule has 76 heavy (non-hydrogen) atoms. The van der Waals surface area contributed by atoms with E-state index in [4.69, 9.17) is 43.6 Å². The molecule has 1 aromatic heterocycles. The van der Waals surface area contributed by atoms with E-state index in [2.05, 4.69) is 15.6 Å². The Bertz CT molecular complexity index is 2060. The van der Waals surface area contributed by atoms with Crippen LogP contribution in [0.4, 0.5) is 0 Å². The van der Waals surface area contributed by atoms with Crippen molar-refractivity contribution in [2.45, 2.75) is 97.3 Å². The average Bonchev–Trinajstić information content (AvgIpc) is 4.05. The van der Waals surface area contributed by atoms with Crippen LogP contribution in [0, 0.1) is 23.7 Å². The Balaban J connectivity index is 1.49. The number of hydrogen-bond donors (Lipinski definition) is 5. The highest BCUT2D eigenvalue weighted by Gasteiger charge is 2.38. The first kappa shape index (κ1) is 65.8. The van der Waals surface area contributed by atoms with Crippen molar-refractivity contribution >= 4 is 42.8 Å². The van der Waals surface area contributed by atoms with Crippen LogP contribution in [0.3, 0.4) is 0 Å². The molecular formula is C52H85N6O17P. The number of nitrogens with two attached hydrogens (primary N) is 1. The molecule has 0 unspecified atom stereocenters. The van der Waals surface area contributed by atoms with Crippen molar-refractivity contribution in [1.82, 2.24) is 25.1 Å². The number of nitrogens with one attached hydrogen (secondary N) is 2. The second-order valence-electron chi connectivity index (χ2n) is 19.3. The second-order valence-corrected chi connectivity index (χ2v) is 21.0. The molecule has 1 fully saturated rings. The summed E-state index contributed by atoms with van der Waals surface area (Å²) in [7, 11) is -2.91. The fraction of sp³-hybridized carbons (Fsp3) is 0.712. The van der Waals surface area contributed by atoms with E-state index in [9.17, 15) is 43.1 Å².